The number of rotatable bonds is 2. The number of aryl methyl sites for hydroxylation is 1. The molecule has 0 saturated carbocycles. The minimum absolute atomic E-state index is 0.0145. The van der Waals surface area contributed by atoms with Crippen molar-refractivity contribution in [3.8, 4) is 0 Å². The van der Waals surface area contributed by atoms with Gasteiger partial charge in [-0.1, -0.05) is 0 Å². The summed E-state index contributed by atoms with van der Waals surface area (Å²) in [4.78, 5) is 13.8. The molecule has 0 radical (unpaired) electrons. The van der Waals surface area contributed by atoms with E-state index in [9.17, 15) is 9.90 Å². The average Bonchev–Trinajstić information content (AvgIpc) is 2.57. The van der Waals surface area contributed by atoms with Crippen molar-refractivity contribution in [3.05, 3.63) is 11.4 Å². The molecule has 1 aliphatic rings. The number of aliphatic hydroxyl groups is 1. The van der Waals surface area contributed by atoms with Crippen LogP contribution in [0.25, 0.3) is 0 Å². The van der Waals surface area contributed by atoms with Gasteiger partial charge >= 0.3 is 0 Å². The minimum Gasteiger partial charge on any atom is -0.396 e. The van der Waals surface area contributed by atoms with Crippen molar-refractivity contribution in [2.75, 3.05) is 18.8 Å². The number of piperidine rings is 1. The Labute approximate surface area is 106 Å². The van der Waals surface area contributed by atoms with E-state index in [0.717, 1.165) is 24.2 Å². The molecular formula is C12H20N4O2. The lowest BCUT2D eigenvalue weighted by molar-refractivity contribution is -0.135. The summed E-state index contributed by atoms with van der Waals surface area (Å²) in [5.74, 6) is -0.0145. The molecule has 1 aromatic rings. The van der Waals surface area contributed by atoms with Crippen LogP contribution in [0.15, 0.2) is 0 Å². The number of aromatic nitrogens is 2. The number of likely N-dealkylation sites (tertiary alicyclic amines) is 1. The first-order valence-electron chi connectivity index (χ1n) is 6.24. The number of nitrogens with zero attached hydrogens (tertiary/aromatic N) is 3. The molecule has 0 bridgehead atoms. The van der Waals surface area contributed by atoms with Crippen LogP contribution in [0.2, 0.25) is 0 Å². The first kappa shape index (κ1) is 12.9. The zero-order valence-electron chi connectivity index (χ0n) is 10.9. The third kappa shape index (κ3) is 2.48. The van der Waals surface area contributed by atoms with Gasteiger partial charge in [-0.3, -0.25) is 9.48 Å². The van der Waals surface area contributed by atoms with Crippen molar-refractivity contribution >= 4 is 11.6 Å². The highest BCUT2D eigenvalue weighted by Gasteiger charge is 2.23. The van der Waals surface area contributed by atoms with Gasteiger partial charge in [0.1, 0.15) is 6.54 Å². The molecule has 0 spiro atoms. The molecule has 2 heterocycles. The minimum atomic E-state index is -0.395. The van der Waals surface area contributed by atoms with Crippen LogP contribution in [0.5, 0.6) is 0 Å². The third-order valence-corrected chi connectivity index (χ3v) is 3.47. The van der Waals surface area contributed by atoms with E-state index in [0.29, 0.717) is 18.8 Å². The summed E-state index contributed by atoms with van der Waals surface area (Å²) in [5, 5.41) is 13.8. The second kappa shape index (κ2) is 4.97. The molecule has 18 heavy (non-hydrogen) atoms. The topological polar surface area (TPSA) is 84.4 Å². The number of anilines is 1. The van der Waals surface area contributed by atoms with Crippen LogP contribution in [0, 0.1) is 13.8 Å². The molecule has 1 aromatic heterocycles. The van der Waals surface area contributed by atoms with Crippen LogP contribution in [-0.4, -0.2) is 44.9 Å². The first-order chi connectivity index (χ1) is 8.49. The number of amides is 1. The van der Waals surface area contributed by atoms with E-state index in [2.05, 4.69) is 5.10 Å². The summed E-state index contributed by atoms with van der Waals surface area (Å²) in [6.45, 7) is 5.01. The predicted molar refractivity (Wildman–Crippen MR) is 67.9 cm³/mol. The van der Waals surface area contributed by atoms with Gasteiger partial charge in [-0.15, -0.1) is 0 Å². The standard InChI is InChI=1S/C12H20N4O2/c1-8-12(13)9(2)16(14-8)7-11(18)15-5-3-4-10(17)6-15/h10,17H,3-7,13H2,1-2H3. The van der Waals surface area contributed by atoms with Crippen molar-refractivity contribution in [2.45, 2.75) is 39.3 Å². The maximum Gasteiger partial charge on any atom is 0.244 e. The number of nitrogens with two attached hydrogens (primary N) is 1. The molecule has 1 aliphatic heterocycles. The summed E-state index contributed by atoms with van der Waals surface area (Å²) >= 11 is 0. The quantitative estimate of drug-likeness (QED) is 0.780. The Kier molecular flexibility index (Phi) is 3.56. The first-order valence-corrected chi connectivity index (χ1v) is 6.24. The van der Waals surface area contributed by atoms with E-state index in [1.165, 1.54) is 0 Å². The zero-order chi connectivity index (χ0) is 13.3. The van der Waals surface area contributed by atoms with Gasteiger partial charge in [0.15, 0.2) is 0 Å². The molecule has 1 atom stereocenters. The number of nitrogen functional groups attached to an aromatic ring is 1. The van der Waals surface area contributed by atoms with E-state index in [1.54, 1.807) is 9.58 Å². The van der Waals surface area contributed by atoms with Crippen molar-refractivity contribution in [2.24, 2.45) is 0 Å². The fourth-order valence-electron chi connectivity index (χ4n) is 2.27. The normalized spacial score (nSPS) is 20.2. The summed E-state index contributed by atoms with van der Waals surface area (Å²) in [6, 6.07) is 0. The van der Waals surface area contributed by atoms with Crippen molar-refractivity contribution in [3.63, 3.8) is 0 Å². The Balaban J connectivity index is 2.04. The van der Waals surface area contributed by atoms with Crippen molar-refractivity contribution in [1.82, 2.24) is 14.7 Å². The summed E-state index contributed by atoms with van der Waals surface area (Å²) in [7, 11) is 0. The van der Waals surface area contributed by atoms with Gasteiger partial charge in [0.05, 0.1) is 23.2 Å². The van der Waals surface area contributed by atoms with Crippen LogP contribution >= 0.6 is 0 Å². The van der Waals surface area contributed by atoms with Crippen molar-refractivity contribution in [1.29, 1.82) is 0 Å². The van der Waals surface area contributed by atoms with Crippen LogP contribution in [0.4, 0.5) is 5.69 Å². The van der Waals surface area contributed by atoms with Gasteiger partial charge in [0, 0.05) is 13.1 Å². The van der Waals surface area contributed by atoms with Gasteiger partial charge in [-0.25, -0.2) is 0 Å². The second-order valence-corrected chi connectivity index (χ2v) is 4.88. The fourth-order valence-corrected chi connectivity index (χ4v) is 2.27. The van der Waals surface area contributed by atoms with E-state index < -0.39 is 6.10 Å². The zero-order valence-corrected chi connectivity index (χ0v) is 10.9. The maximum atomic E-state index is 12.1. The number of carbonyl (C=O) groups is 1. The SMILES string of the molecule is Cc1nn(CC(=O)N2CCCC(O)C2)c(C)c1N. The van der Waals surface area contributed by atoms with Crippen LogP contribution in [0.1, 0.15) is 24.2 Å². The maximum absolute atomic E-state index is 12.1. The molecule has 3 N–H and O–H groups in total. The third-order valence-electron chi connectivity index (χ3n) is 3.47. The largest absolute Gasteiger partial charge is 0.396 e. The lowest BCUT2D eigenvalue weighted by atomic mass is 10.1. The predicted octanol–water partition coefficient (Wildman–Crippen LogP) is 0.0654. The van der Waals surface area contributed by atoms with E-state index in [4.69, 9.17) is 5.73 Å². The smallest absolute Gasteiger partial charge is 0.244 e. The highest BCUT2D eigenvalue weighted by Crippen LogP contribution is 2.16. The molecule has 0 aliphatic carbocycles. The molecule has 2 rings (SSSR count). The lowest BCUT2D eigenvalue weighted by Gasteiger charge is -2.30. The van der Waals surface area contributed by atoms with Gasteiger partial charge in [0.25, 0.3) is 0 Å². The second-order valence-electron chi connectivity index (χ2n) is 4.88. The van der Waals surface area contributed by atoms with Crippen LogP contribution in [0.3, 0.4) is 0 Å². The number of hydrogen-bond donors (Lipinski definition) is 2. The highest BCUT2D eigenvalue weighted by molar-refractivity contribution is 5.76. The van der Waals surface area contributed by atoms with Gasteiger partial charge < -0.3 is 15.7 Å². The number of carbonyl (C=O) groups excluding carboxylic acids is 1. The molecule has 6 nitrogen and oxygen atoms in total. The number of aliphatic hydroxyl groups excluding tert-OH is 1. The fraction of sp³-hybridized carbons (Fsp3) is 0.667. The molecule has 1 unspecified atom stereocenters. The van der Waals surface area contributed by atoms with Crippen LogP contribution < -0.4 is 5.73 Å². The Morgan fingerprint density at radius 2 is 2.28 bits per heavy atom. The monoisotopic (exact) mass is 252 g/mol. The van der Waals surface area contributed by atoms with Gasteiger partial charge in [-0.05, 0) is 26.7 Å². The van der Waals surface area contributed by atoms with Gasteiger partial charge in [0.2, 0.25) is 5.91 Å². The number of β-amino-alcohol motifs (C(OH)–C–C–N with tert-alkyl or cyclic N) is 1. The molecule has 1 amide bonds. The Bertz CT molecular complexity index is 455. The summed E-state index contributed by atoms with van der Waals surface area (Å²) in [6.07, 6.45) is 1.23. The van der Waals surface area contributed by atoms with E-state index >= 15 is 0 Å². The molecule has 6 heteroatoms. The van der Waals surface area contributed by atoms with Gasteiger partial charge in [-0.2, -0.15) is 5.10 Å². The average molecular weight is 252 g/mol. The molecule has 0 aromatic carbocycles. The Morgan fingerprint density at radius 1 is 1.56 bits per heavy atom. The Morgan fingerprint density at radius 3 is 2.83 bits per heavy atom. The van der Waals surface area contributed by atoms with Crippen LogP contribution in [-0.2, 0) is 11.3 Å². The van der Waals surface area contributed by atoms with E-state index in [-0.39, 0.29) is 12.5 Å². The van der Waals surface area contributed by atoms with Crippen molar-refractivity contribution < 1.29 is 9.90 Å². The molecule has 100 valence electrons. The highest BCUT2D eigenvalue weighted by atomic mass is 16.3. The lowest BCUT2D eigenvalue weighted by Crippen LogP contribution is -2.43. The molecule has 1 saturated heterocycles. The number of hydrogen-bond acceptors (Lipinski definition) is 4. The summed E-state index contributed by atoms with van der Waals surface area (Å²) in [5.41, 5.74) is 8.04. The molecular weight excluding hydrogens is 232 g/mol. The molecule has 1 fully saturated rings. The summed E-state index contributed by atoms with van der Waals surface area (Å²) < 4.78 is 1.63. The Hall–Kier alpha value is -1.56. The van der Waals surface area contributed by atoms with E-state index in [1.807, 2.05) is 13.8 Å².